The number of carbonyl (C=O) groups is 2. The fraction of sp³-hybridized carbons (Fsp3) is 0.455. The van der Waals surface area contributed by atoms with Crippen molar-refractivity contribution in [2.45, 2.75) is 26.3 Å². The molecule has 0 radical (unpaired) electrons. The van der Waals surface area contributed by atoms with Gasteiger partial charge < -0.3 is 5.11 Å². The molecular weight excluding hydrogens is 236 g/mol. The first-order valence-corrected chi connectivity index (χ1v) is 5.58. The summed E-state index contributed by atoms with van der Waals surface area (Å²) in [7, 11) is 1.78. The van der Waals surface area contributed by atoms with Crippen LogP contribution in [0.2, 0.25) is 0 Å². The molecule has 1 aromatic heterocycles. The minimum absolute atomic E-state index is 0.0218. The SMILES string of the molecule is Cc1cc(CN2N=C(C(=O)O)CCC2=O)n(C)n1. The number of nitrogens with zero attached hydrogens (tertiary/aromatic N) is 4. The summed E-state index contributed by atoms with van der Waals surface area (Å²) in [5.41, 5.74) is 1.68. The first-order chi connectivity index (χ1) is 8.47. The largest absolute Gasteiger partial charge is 0.477 e. The summed E-state index contributed by atoms with van der Waals surface area (Å²) in [5.74, 6) is -1.24. The van der Waals surface area contributed by atoms with Gasteiger partial charge in [0.2, 0.25) is 5.91 Å². The van der Waals surface area contributed by atoms with Crippen LogP contribution in [0.4, 0.5) is 0 Å². The van der Waals surface area contributed by atoms with E-state index < -0.39 is 5.97 Å². The minimum Gasteiger partial charge on any atom is -0.477 e. The maximum absolute atomic E-state index is 11.7. The molecule has 0 fully saturated rings. The molecule has 1 amide bonds. The lowest BCUT2D eigenvalue weighted by atomic mass is 10.1. The lowest BCUT2D eigenvalue weighted by Gasteiger charge is -2.21. The Balaban J connectivity index is 2.21. The van der Waals surface area contributed by atoms with Gasteiger partial charge in [0.05, 0.1) is 17.9 Å². The second kappa shape index (κ2) is 4.59. The topological polar surface area (TPSA) is 87.8 Å². The van der Waals surface area contributed by atoms with Gasteiger partial charge in [-0.3, -0.25) is 9.48 Å². The van der Waals surface area contributed by atoms with Crippen molar-refractivity contribution in [3.8, 4) is 0 Å². The molecule has 0 aliphatic carbocycles. The maximum atomic E-state index is 11.7. The molecule has 0 saturated heterocycles. The molecule has 1 aromatic rings. The third-order valence-electron chi connectivity index (χ3n) is 2.76. The molecule has 1 aliphatic rings. The van der Waals surface area contributed by atoms with Gasteiger partial charge in [0.25, 0.3) is 0 Å². The summed E-state index contributed by atoms with van der Waals surface area (Å²) in [6.07, 6.45) is 0.372. The van der Waals surface area contributed by atoms with Crippen molar-refractivity contribution in [2.24, 2.45) is 12.1 Å². The van der Waals surface area contributed by atoms with Crippen molar-refractivity contribution in [1.82, 2.24) is 14.8 Å². The van der Waals surface area contributed by atoms with E-state index in [-0.39, 0.29) is 31.0 Å². The van der Waals surface area contributed by atoms with Crippen molar-refractivity contribution in [1.29, 1.82) is 0 Å². The van der Waals surface area contributed by atoms with Gasteiger partial charge in [0.1, 0.15) is 5.71 Å². The van der Waals surface area contributed by atoms with E-state index in [1.165, 1.54) is 5.01 Å². The quantitative estimate of drug-likeness (QED) is 0.835. The molecule has 0 aromatic carbocycles. The predicted octanol–water partition coefficient (Wildman–Crippen LogP) is 0.292. The van der Waals surface area contributed by atoms with Gasteiger partial charge in [-0.25, -0.2) is 9.80 Å². The summed E-state index contributed by atoms with van der Waals surface area (Å²) in [4.78, 5) is 22.5. The number of carboxylic acid groups (broad SMARTS) is 1. The lowest BCUT2D eigenvalue weighted by Crippen LogP contribution is -2.34. The number of aromatic nitrogens is 2. The van der Waals surface area contributed by atoms with E-state index in [0.717, 1.165) is 11.4 Å². The number of carboxylic acids is 1. The fourth-order valence-corrected chi connectivity index (χ4v) is 1.84. The number of carbonyl (C=O) groups excluding carboxylic acids is 1. The Kier molecular flexibility index (Phi) is 3.14. The van der Waals surface area contributed by atoms with Crippen LogP contribution in [-0.2, 0) is 23.2 Å². The highest BCUT2D eigenvalue weighted by Crippen LogP contribution is 2.14. The van der Waals surface area contributed by atoms with E-state index in [1.54, 1.807) is 11.7 Å². The van der Waals surface area contributed by atoms with Gasteiger partial charge in [-0.2, -0.15) is 10.2 Å². The third kappa shape index (κ3) is 2.39. The second-order valence-corrected chi connectivity index (χ2v) is 4.20. The lowest BCUT2D eigenvalue weighted by molar-refractivity contribution is -0.133. The van der Waals surface area contributed by atoms with Gasteiger partial charge in [0.15, 0.2) is 0 Å². The smallest absolute Gasteiger partial charge is 0.352 e. The van der Waals surface area contributed by atoms with E-state index in [4.69, 9.17) is 5.11 Å². The van der Waals surface area contributed by atoms with Crippen LogP contribution < -0.4 is 0 Å². The number of hydrazone groups is 1. The Morgan fingerprint density at radius 2 is 2.22 bits per heavy atom. The van der Waals surface area contributed by atoms with Crippen LogP contribution in [0.25, 0.3) is 0 Å². The van der Waals surface area contributed by atoms with Gasteiger partial charge in [-0.05, 0) is 13.0 Å². The number of aryl methyl sites for hydroxylation is 2. The Hall–Kier alpha value is -2.18. The molecule has 0 bridgehead atoms. The summed E-state index contributed by atoms with van der Waals surface area (Å²) >= 11 is 0. The summed E-state index contributed by atoms with van der Waals surface area (Å²) < 4.78 is 1.66. The highest BCUT2D eigenvalue weighted by atomic mass is 16.4. The van der Waals surface area contributed by atoms with E-state index in [0.29, 0.717) is 0 Å². The first-order valence-electron chi connectivity index (χ1n) is 5.58. The average molecular weight is 250 g/mol. The number of hydrogen-bond donors (Lipinski definition) is 1. The van der Waals surface area contributed by atoms with Gasteiger partial charge in [-0.1, -0.05) is 0 Å². The van der Waals surface area contributed by atoms with Gasteiger partial charge >= 0.3 is 5.97 Å². The average Bonchev–Trinajstić information content (AvgIpc) is 2.60. The van der Waals surface area contributed by atoms with E-state index in [9.17, 15) is 9.59 Å². The predicted molar refractivity (Wildman–Crippen MR) is 62.8 cm³/mol. The number of rotatable bonds is 3. The molecule has 2 rings (SSSR count). The summed E-state index contributed by atoms with van der Waals surface area (Å²) in [6.45, 7) is 2.10. The monoisotopic (exact) mass is 250 g/mol. The number of aliphatic carboxylic acids is 1. The molecule has 0 saturated carbocycles. The van der Waals surface area contributed by atoms with Crippen molar-refractivity contribution in [3.05, 3.63) is 17.5 Å². The zero-order valence-electron chi connectivity index (χ0n) is 10.3. The molecule has 2 heterocycles. The van der Waals surface area contributed by atoms with E-state index >= 15 is 0 Å². The zero-order valence-corrected chi connectivity index (χ0v) is 10.3. The standard InChI is InChI=1S/C11H14N4O3/c1-7-5-8(14(2)12-7)6-15-10(16)4-3-9(13-15)11(17)18/h5H,3-4,6H2,1-2H3,(H,17,18). The molecule has 7 nitrogen and oxygen atoms in total. The Morgan fingerprint density at radius 1 is 1.50 bits per heavy atom. The zero-order chi connectivity index (χ0) is 13.3. The van der Waals surface area contributed by atoms with Crippen molar-refractivity contribution in [2.75, 3.05) is 0 Å². The Morgan fingerprint density at radius 3 is 2.78 bits per heavy atom. The van der Waals surface area contributed by atoms with Gasteiger partial charge in [0, 0.05) is 19.9 Å². The molecular formula is C11H14N4O3. The van der Waals surface area contributed by atoms with Crippen molar-refractivity contribution >= 4 is 17.6 Å². The molecule has 1 aliphatic heterocycles. The van der Waals surface area contributed by atoms with Crippen LogP contribution >= 0.6 is 0 Å². The second-order valence-electron chi connectivity index (χ2n) is 4.20. The molecule has 96 valence electrons. The number of amides is 1. The molecule has 7 heteroatoms. The van der Waals surface area contributed by atoms with Crippen molar-refractivity contribution in [3.63, 3.8) is 0 Å². The van der Waals surface area contributed by atoms with E-state index in [2.05, 4.69) is 10.2 Å². The molecule has 0 atom stereocenters. The fourth-order valence-electron chi connectivity index (χ4n) is 1.84. The van der Waals surface area contributed by atoms with Crippen LogP contribution in [0.5, 0.6) is 0 Å². The molecule has 0 spiro atoms. The van der Waals surface area contributed by atoms with Crippen LogP contribution in [-0.4, -0.2) is 37.5 Å². The van der Waals surface area contributed by atoms with Crippen LogP contribution in [0, 0.1) is 6.92 Å². The molecule has 1 N–H and O–H groups in total. The maximum Gasteiger partial charge on any atom is 0.352 e. The van der Waals surface area contributed by atoms with Crippen LogP contribution in [0.3, 0.4) is 0 Å². The van der Waals surface area contributed by atoms with Crippen molar-refractivity contribution < 1.29 is 14.7 Å². The Labute approximate surface area is 104 Å². The summed E-state index contributed by atoms with van der Waals surface area (Å²) in [6, 6.07) is 1.85. The molecule has 18 heavy (non-hydrogen) atoms. The van der Waals surface area contributed by atoms with E-state index in [1.807, 2.05) is 13.0 Å². The van der Waals surface area contributed by atoms with Crippen LogP contribution in [0.1, 0.15) is 24.2 Å². The number of hydrogen-bond acceptors (Lipinski definition) is 4. The highest BCUT2D eigenvalue weighted by molar-refractivity contribution is 6.36. The third-order valence-corrected chi connectivity index (χ3v) is 2.76. The van der Waals surface area contributed by atoms with Gasteiger partial charge in [-0.15, -0.1) is 0 Å². The highest BCUT2D eigenvalue weighted by Gasteiger charge is 2.24. The van der Waals surface area contributed by atoms with Crippen LogP contribution in [0.15, 0.2) is 11.2 Å². The summed E-state index contributed by atoms with van der Waals surface area (Å²) in [5, 5.41) is 18.1. The first kappa shape index (κ1) is 12.3. The minimum atomic E-state index is -1.08. The Bertz CT molecular complexity index is 532. The normalized spacial score (nSPS) is 15.8. The molecule has 0 unspecified atom stereocenters.